The van der Waals surface area contributed by atoms with Gasteiger partial charge in [-0.3, -0.25) is 4.79 Å². The molecule has 0 radical (unpaired) electrons. The number of carbonyl (C=O) groups excluding carboxylic acids is 1. The van der Waals surface area contributed by atoms with Crippen molar-refractivity contribution in [2.24, 2.45) is 0 Å². The van der Waals surface area contributed by atoms with E-state index < -0.39 is 0 Å². The van der Waals surface area contributed by atoms with Crippen LogP contribution in [0.15, 0.2) is 53.9 Å². The molecule has 1 unspecified atom stereocenters. The fourth-order valence-electron chi connectivity index (χ4n) is 5.22. The normalized spacial score (nSPS) is 24.7. The van der Waals surface area contributed by atoms with Gasteiger partial charge in [0.15, 0.2) is 0 Å². The molecule has 4 nitrogen and oxygen atoms in total. The molecular weight excluding hydrogens is 404 g/mol. The van der Waals surface area contributed by atoms with Crippen molar-refractivity contribution in [2.45, 2.75) is 56.7 Å². The van der Waals surface area contributed by atoms with E-state index >= 15 is 0 Å². The number of amides is 1. The van der Waals surface area contributed by atoms with E-state index in [2.05, 4.69) is 54.0 Å². The van der Waals surface area contributed by atoms with Crippen molar-refractivity contribution < 1.29 is 9.90 Å². The molecule has 0 spiro atoms. The first-order valence-corrected chi connectivity index (χ1v) is 12.3. The van der Waals surface area contributed by atoms with Crippen LogP contribution in [0.25, 0.3) is 10.1 Å². The molecule has 2 aliphatic rings. The molecule has 3 aromatic rings. The van der Waals surface area contributed by atoms with E-state index in [1.807, 2.05) is 23.5 Å². The lowest BCUT2D eigenvalue weighted by molar-refractivity contribution is 0.0765. The van der Waals surface area contributed by atoms with Crippen LogP contribution < -0.4 is 5.32 Å². The fraction of sp³-hybridized carbons (Fsp3) is 0.423. The van der Waals surface area contributed by atoms with E-state index in [9.17, 15) is 9.90 Å². The summed E-state index contributed by atoms with van der Waals surface area (Å²) in [5.74, 6) is 0.576. The van der Waals surface area contributed by atoms with Crippen molar-refractivity contribution in [3.8, 4) is 0 Å². The minimum atomic E-state index is -0.374. The topological polar surface area (TPSA) is 52.6 Å². The highest BCUT2D eigenvalue weighted by Crippen LogP contribution is 2.37. The Morgan fingerprint density at radius 1 is 1.13 bits per heavy atom. The molecule has 4 atom stereocenters. The number of benzene rings is 2. The van der Waals surface area contributed by atoms with E-state index in [0.29, 0.717) is 37.5 Å². The molecule has 1 aliphatic heterocycles. The molecular formula is C26H30N2O2S. The first kappa shape index (κ1) is 20.7. The average Bonchev–Trinajstić information content (AvgIpc) is 3.53. The van der Waals surface area contributed by atoms with Crippen LogP contribution in [0.1, 0.15) is 66.1 Å². The summed E-state index contributed by atoms with van der Waals surface area (Å²) in [5.41, 5.74) is 3.46. The van der Waals surface area contributed by atoms with Gasteiger partial charge in [-0.05, 0) is 78.6 Å². The smallest absolute Gasteiger partial charge is 0.253 e. The van der Waals surface area contributed by atoms with Crippen molar-refractivity contribution in [1.29, 1.82) is 0 Å². The lowest BCUT2D eigenvalue weighted by Crippen LogP contribution is -2.29. The minimum Gasteiger partial charge on any atom is -0.391 e. The molecule has 1 amide bonds. The van der Waals surface area contributed by atoms with Crippen LogP contribution in [0.3, 0.4) is 0 Å². The number of thiophene rings is 1. The molecule has 1 aliphatic carbocycles. The summed E-state index contributed by atoms with van der Waals surface area (Å²) in [7, 11) is 0. The van der Waals surface area contributed by atoms with Gasteiger partial charge in [0.2, 0.25) is 0 Å². The van der Waals surface area contributed by atoms with Crippen LogP contribution in [0, 0.1) is 0 Å². The third-order valence-electron chi connectivity index (χ3n) is 6.98. The summed E-state index contributed by atoms with van der Waals surface area (Å²) in [6, 6.07) is 17.7. The Labute approximate surface area is 187 Å². The van der Waals surface area contributed by atoms with Gasteiger partial charge in [-0.2, -0.15) is 0 Å². The first-order valence-electron chi connectivity index (χ1n) is 11.4. The zero-order valence-electron chi connectivity index (χ0n) is 18.0. The first-order chi connectivity index (χ1) is 15.1. The number of aliphatic hydroxyl groups excluding tert-OH is 1. The zero-order valence-corrected chi connectivity index (χ0v) is 18.8. The van der Waals surface area contributed by atoms with E-state index in [1.165, 1.54) is 34.1 Å². The summed E-state index contributed by atoms with van der Waals surface area (Å²) in [6.45, 7) is 3.38. The Hall–Kier alpha value is -2.21. The summed E-state index contributed by atoms with van der Waals surface area (Å²) in [5, 5.41) is 17.2. The molecule has 5 rings (SSSR count). The Morgan fingerprint density at radius 2 is 1.94 bits per heavy atom. The number of rotatable bonds is 5. The number of likely N-dealkylation sites (tertiary alicyclic amines) is 1. The Bertz CT molecular complexity index is 1060. The number of nitrogens with zero attached hydrogens (tertiary/aromatic N) is 1. The monoisotopic (exact) mass is 434 g/mol. The third kappa shape index (κ3) is 4.27. The Morgan fingerprint density at radius 3 is 2.71 bits per heavy atom. The number of aliphatic hydroxyl groups is 1. The van der Waals surface area contributed by atoms with Gasteiger partial charge >= 0.3 is 0 Å². The van der Waals surface area contributed by atoms with Gasteiger partial charge in [0.05, 0.1) is 6.10 Å². The van der Waals surface area contributed by atoms with Crippen molar-refractivity contribution in [3.63, 3.8) is 0 Å². The SMILES string of the molecule is C[C@@H](N[C@H]1CC[C@H](c2ccc(C(=O)N3CCC(O)C3)cc2)C1)c1csc2ccccc12. The molecule has 2 aromatic carbocycles. The molecule has 2 heterocycles. The molecule has 1 saturated carbocycles. The van der Waals surface area contributed by atoms with Gasteiger partial charge < -0.3 is 15.3 Å². The summed E-state index contributed by atoms with van der Waals surface area (Å²) in [6.07, 6.45) is 3.81. The molecule has 1 aromatic heterocycles. The predicted molar refractivity (Wildman–Crippen MR) is 127 cm³/mol. The number of fused-ring (bicyclic) bond motifs is 1. The number of β-amino-alcohol motifs (C(OH)–C–C–N with tert-alkyl or cyclic N) is 1. The van der Waals surface area contributed by atoms with Gasteiger partial charge in [-0.1, -0.05) is 30.3 Å². The average molecular weight is 435 g/mol. The van der Waals surface area contributed by atoms with Crippen LogP contribution in [-0.4, -0.2) is 41.1 Å². The molecule has 162 valence electrons. The number of nitrogens with one attached hydrogen (secondary N) is 1. The van der Waals surface area contributed by atoms with Crippen LogP contribution in [0.4, 0.5) is 0 Å². The van der Waals surface area contributed by atoms with Crippen molar-refractivity contribution >= 4 is 27.3 Å². The maximum Gasteiger partial charge on any atom is 0.253 e. The minimum absolute atomic E-state index is 0.0332. The van der Waals surface area contributed by atoms with Gasteiger partial charge in [-0.25, -0.2) is 0 Å². The maximum absolute atomic E-state index is 12.6. The third-order valence-corrected chi connectivity index (χ3v) is 7.96. The quantitative estimate of drug-likeness (QED) is 0.588. The van der Waals surface area contributed by atoms with Gasteiger partial charge in [0.25, 0.3) is 5.91 Å². The highest BCUT2D eigenvalue weighted by Gasteiger charge is 2.28. The van der Waals surface area contributed by atoms with Gasteiger partial charge in [0, 0.05) is 35.4 Å². The number of hydrogen-bond donors (Lipinski definition) is 2. The zero-order chi connectivity index (χ0) is 21.4. The summed E-state index contributed by atoms with van der Waals surface area (Å²) >= 11 is 1.83. The second-order valence-corrected chi connectivity index (χ2v) is 10.0. The second-order valence-electron chi connectivity index (χ2n) is 9.10. The second kappa shape index (κ2) is 8.73. The summed E-state index contributed by atoms with van der Waals surface area (Å²) < 4.78 is 1.36. The Balaban J connectivity index is 1.20. The van der Waals surface area contributed by atoms with E-state index in [-0.39, 0.29) is 12.0 Å². The number of hydrogen-bond acceptors (Lipinski definition) is 4. The van der Waals surface area contributed by atoms with Crippen molar-refractivity contribution in [1.82, 2.24) is 10.2 Å². The van der Waals surface area contributed by atoms with Crippen molar-refractivity contribution in [3.05, 3.63) is 70.6 Å². The largest absolute Gasteiger partial charge is 0.391 e. The molecule has 31 heavy (non-hydrogen) atoms. The molecule has 2 fully saturated rings. The molecule has 1 saturated heterocycles. The predicted octanol–water partition coefficient (Wildman–Crippen LogP) is 5.10. The molecule has 0 bridgehead atoms. The van der Waals surface area contributed by atoms with E-state index in [4.69, 9.17) is 0 Å². The highest BCUT2D eigenvalue weighted by atomic mass is 32.1. The molecule has 2 N–H and O–H groups in total. The van der Waals surface area contributed by atoms with Gasteiger partial charge in [0.1, 0.15) is 0 Å². The fourth-order valence-corrected chi connectivity index (χ4v) is 6.27. The van der Waals surface area contributed by atoms with Crippen LogP contribution in [0.2, 0.25) is 0 Å². The van der Waals surface area contributed by atoms with Crippen LogP contribution in [0.5, 0.6) is 0 Å². The number of carbonyl (C=O) groups is 1. The standard InChI is InChI=1S/C26H30N2O2S/c1-17(24-16-31-25-5-3-2-4-23(24)25)27-21-11-10-20(14-21)18-6-8-19(9-7-18)26(30)28-13-12-22(29)15-28/h2-9,16-17,20-22,27,29H,10-15H2,1H3/t17-,20+,21+,22?/m1/s1. The van der Waals surface area contributed by atoms with Crippen LogP contribution in [-0.2, 0) is 0 Å². The van der Waals surface area contributed by atoms with Crippen LogP contribution >= 0.6 is 11.3 Å². The van der Waals surface area contributed by atoms with E-state index in [0.717, 1.165) is 12.0 Å². The van der Waals surface area contributed by atoms with Crippen molar-refractivity contribution in [2.75, 3.05) is 13.1 Å². The summed E-state index contributed by atoms with van der Waals surface area (Å²) in [4.78, 5) is 14.4. The lowest BCUT2D eigenvalue weighted by atomic mass is 9.96. The lowest BCUT2D eigenvalue weighted by Gasteiger charge is -2.20. The highest BCUT2D eigenvalue weighted by molar-refractivity contribution is 7.17. The van der Waals surface area contributed by atoms with Gasteiger partial charge in [-0.15, -0.1) is 11.3 Å². The maximum atomic E-state index is 12.6. The van der Waals surface area contributed by atoms with E-state index in [1.54, 1.807) is 4.90 Å². The molecule has 5 heteroatoms. The Kier molecular flexibility index (Phi) is 5.83.